The van der Waals surface area contributed by atoms with Gasteiger partial charge in [0.05, 0.1) is 51.1 Å². The van der Waals surface area contributed by atoms with E-state index >= 15 is 0 Å². The summed E-state index contributed by atoms with van der Waals surface area (Å²) in [6.45, 7) is 4.05. The molecule has 0 saturated heterocycles. The Morgan fingerprint density at radius 1 is 1.29 bits per heavy atom. The predicted molar refractivity (Wildman–Crippen MR) is 92.9 cm³/mol. The Kier molecular flexibility index (Phi) is 4.79. The molecule has 0 unspecified atom stereocenters. The SMILES string of the molecule is Cc1nsnc1Cn1nnc(C(=O)Nc2cccc(Cl)c2Cl)c1C. The van der Waals surface area contributed by atoms with E-state index in [2.05, 4.69) is 24.4 Å². The number of halogens is 2. The number of aryl methyl sites for hydroxylation is 1. The molecule has 24 heavy (non-hydrogen) atoms. The molecule has 0 spiro atoms. The highest BCUT2D eigenvalue weighted by Gasteiger charge is 2.19. The quantitative estimate of drug-likeness (QED) is 0.747. The Morgan fingerprint density at radius 3 is 2.79 bits per heavy atom. The highest BCUT2D eigenvalue weighted by Crippen LogP contribution is 2.29. The van der Waals surface area contributed by atoms with E-state index in [9.17, 15) is 4.79 Å². The van der Waals surface area contributed by atoms with E-state index in [-0.39, 0.29) is 10.7 Å². The van der Waals surface area contributed by atoms with Crippen molar-refractivity contribution in [1.82, 2.24) is 23.7 Å². The number of anilines is 1. The smallest absolute Gasteiger partial charge is 0.278 e. The standard InChI is InChI=1S/C14H12Cl2N6OS/c1-7-11(20-24-19-7)6-22-8(2)13(18-21-22)14(23)17-10-5-3-4-9(15)12(10)16/h3-5H,6H2,1-2H3,(H,17,23). The van der Waals surface area contributed by atoms with Gasteiger partial charge in [0.2, 0.25) is 0 Å². The molecule has 2 aromatic heterocycles. The highest BCUT2D eigenvalue weighted by atomic mass is 35.5. The first-order valence-electron chi connectivity index (χ1n) is 6.91. The topological polar surface area (TPSA) is 85.6 Å². The first-order valence-corrected chi connectivity index (χ1v) is 8.39. The number of aromatic nitrogens is 5. The summed E-state index contributed by atoms with van der Waals surface area (Å²) < 4.78 is 9.93. The van der Waals surface area contributed by atoms with Gasteiger partial charge in [-0.15, -0.1) is 5.10 Å². The van der Waals surface area contributed by atoms with Crippen LogP contribution in [0.2, 0.25) is 10.0 Å². The lowest BCUT2D eigenvalue weighted by Gasteiger charge is -2.07. The van der Waals surface area contributed by atoms with Crippen molar-refractivity contribution in [3.63, 3.8) is 0 Å². The summed E-state index contributed by atoms with van der Waals surface area (Å²) in [4.78, 5) is 12.4. The Bertz CT molecular complexity index is 907. The minimum atomic E-state index is -0.406. The number of nitrogens with zero attached hydrogens (tertiary/aromatic N) is 5. The second kappa shape index (κ2) is 6.84. The number of hydrogen-bond acceptors (Lipinski definition) is 6. The van der Waals surface area contributed by atoms with Crippen molar-refractivity contribution in [2.75, 3.05) is 5.32 Å². The lowest BCUT2D eigenvalue weighted by atomic mass is 10.2. The minimum absolute atomic E-state index is 0.215. The Balaban J connectivity index is 1.81. The molecule has 3 aromatic rings. The van der Waals surface area contributed by atoms with Gasteiger partial charge in [-0.3, -0.25) is 4.79 Å². The highest BCUT2D eigenvalue weighted by molar-refractivity contribution is 6.99. The summed E-state index contributed by atoms with van der Waals surface area (Å²) in [6, 6.07) is 5.01. The molecule has 10 heteroatoms. The van der Waals surface area contributed by atoms with Crippen LogP contribution in [0.4, 0.5) is 5.69 Å². The molecular formula is C14H12Cl2N6OS. The van der Waals surface area contributed by atoms with Gasteiger partial charge in [0.25, 0.3) is 5.91 Å². The van der Waals surface area contributed by atoms with Crippen LogP contribution in [0, 0.1) is 13.8 Å². The molecule has 7 nitrogen and oxygen atoms in total. The van der Waals surface area contributed by atoms with E-state index in [1.165, 1.54) is 0 Å². The zero-order valence-electron chi connectivity index (χ0n) is 12.7. The van der Waals surface area contributed by atoms with Gasteiger partial charge in [-0.25, -0.2) is 4.68 Å². The second-order valence-corrected chi connectivity index (χ2v) is 6.35. The summed E-state index contributed by atoms with van der Waals surface area (Å²) in [7, 11) is 0. The summed E-state index contributed by atoms with van der Waals surface area (Å²) >= 11 is 13.2. The van der Waals surface area contributed by atoms with Crippen molar-refractivity contribution < 1.29 is 4.79 Å². The van der Waals surface area contributed by atoms with E-state index in [1.807, 2.05) is 6.92 Å². The van der Waals surface area contributed by atoms with Gasteiger partial charge < -0.3 is 5.32 Å². The zero-order chi connectivity index (χ0) is 17.3. The van der Waals surface area contributed by atoms with Crippen LogP contribution in [0.3, 0.4) is 0 Å². The van der Waals surface area contributed by atoms with Crippen LogP contribution in [0.15, 0.2) is 18.2 Å². The number of rotatable bonds is 4. The first-order chi connectivity index (χ1) is 11.5. The fourth-order valence-electron chi connectivity index (χ4n) is 2.04. The lowest BCUT2D eigenvalue weighted by molar-refractivity contribution is 0.102. The van der Waals surface area contributed by atoms with Crippen molar-refractivity contribution in [1.29, 1.82) is 0 Å². The lowest BCUT2D eigenvalue weighted by Crippen LogP contribution is -2.15. The van der Waals surface area contributed by atoms with E-state index in [1.54, 1.807) is 29.8 Å². The van der Waals surface area contributed by atoms with Crippen molar-refractivity contribution in [2.45, 2.75) is 20.4 Å². The maximum absolute atomic E-state index is 12.4. The van der Waals surface area contributed by atoms with Crippen LogP contribution in [0.5, 0.6) is 0 Å². The van der Waals surface area contributed by atoms with E-state index < -0.39 is 5.91 Å². The molecule has 0 saturated carbocycles. The summed E-state index contributed by atoms with van der Waals surface area (Å²) in [6.07, 6.45) is 0. The average Bonchev–Trinajstić information content (AvgIpc) is 3.11. The summed E-state index contributed by atoms with van der Waals surface area (Å²) in [5.74, 6) is -0.406. The monoisotopic (exact) mass is 382 g/mol. The van der Waals surface area contributed by atoms with Gasteiger partial charge in [-0.1, -0.05) is 34.5 Å². The molecule has 0 aliphatic heterocycles. The van der Waals surface area contributed by atoms with Crippen LogP contribution >= 0.6 is 34.9 Å². The number of amides is 1. The largest absolute Gasteiger partial charge is 0.319 e. The Morgan fingerprint density at radius 2 is 2.08 bits per heavy atom. The third-order valence-electron chi connectivity index (χ3n) is 3.44. The average molecular weight is 383 g/mol. The molecule has 0 aliphatic carbocycles. The number of nitrogens with one attached hydrogen (secondary N) is 1. The van der Waals surface area contributed by atoms with Gasteiger partial charge >= 0.3 is 0 Å². The van der Waals surface area contributed by atoms with Gasteiger partial charge in [-0.2, -0.15) is 8.75 Å². The van der Waals surface area contributed by atoms with Crippen LogP contribution in [-0.2, 0) is 6.54 Å². The predicted octanol–water partition coefficient (Wildman–Crippen LogP) is 3.35. The molecule has 124 valence electrons. The maximum Gasteiger partial charge on any atom is 0.278 e. The molecular weight excluding hydrogens is 371 g/mol. The van der Waals surface area contributed by atoms with E-state index in [4.69, 9.17) is 23.2 Å². The first kappa shape index (κ1) is 16.8. The molecule has 0 fully saturated rings. The van der Waals surface area contributed by atoms with E-state index in [0.29, 0.717) is 22.9 Å². The number of carbonyl (C=O) groups excluding carboxylic acids is 1. The molecule has 0 atom stereocenters. The molecule has 3 rings (SSSR count). The number of carbonyl (C=O) groups is 1. The number of benzene rings is 1. The summed E-state index contributed by atoms with van der Waals surface area (Å²) in [5.41, 5.74) is 2.90. The van der Waals surface area contributed by atoms with Gasteiger partial charge in [0.1, 0.15) is 0 Å². The number of hydrogen-bond donors (Lipinski definition) is 1. The van der Waals surface area contributed by atoms with Gasteiger partial charge in [0, 0.05) is 0 Å². The zero-order valence-corrected chi connectivity index (χ0v) is 15.1. The van der Waals surface area contributed by atoms with E-state index in [0.717, 1.165) is 23.1 Å². The van der Waals surface area contributed by atoms with Gasteiger partial charge in [-0.05, 0) is 26.0 Å². The van der Waals surface area contributed by atoms with Crippen molar-refractivity contribution >= 4 is 46.5 Å². The maximum atomic E-state index is 12.4. The molecule has 0 bridgehead atoms. The third kappa shape index (κ3) is 3.26. The molecule has 2 heterocycles. The van der Waals surface area contributed by atoms with Crippen LogP contribution in [-0.4, -0.2) is 29.6 Å². The molecule has 1 aromatic carbocycles. The summed E-state index contributed by atoms with van der Waals surface area (Å²) in [5, 5.41) is 11.3. The molecule has 0 radical (unpaired) electrons. The van der Waals surface area contributed by atoms with Crippen LogP contribution < -0.4 is 5.32 Å². The minimum Gasteiger partial charge on any atom is -0.319 e. The van der Waals surface area contributed by atoms with Crippen LogP contribution in [0.1, 0.15) is 27.6 Å². The van der Waals surface area contributed by atoms with Crippen molar-refractivity contribution in [3.8, 4) is 0 Å². The fraction of sp³-hybridized carbons (Fsp3) is 0.214. The van der Waals surface area contributed by atoms with Crippen molar-refractivity contribution in [3.05, 3.63) is 51.0 Å². The Labute approximate surface area is 151 Å². The molecule has 1 amide bonds. The van der Waals surface area contributed by atoms with Crippen LogP contribution in [0.25, 0.3) is 0 Å². The Hall–Kier alpha value is -2.03. The fourth-order valence-corrected chi connectivity index (χ4v) is 2.94. The molecule has 1 N–H and O–H groups in total. The second-order valence-electron chi connectivity index (χ2n) is 5.03. The third-order valence-corrected chi connectivity index (χ3v) is 4.92. The molecule has 0 aliphatic rings. The van der Waals surface area contributed by atoms with Gasteiger partial charge in [0.15, 0.2) is 5.69 Å². The normalized spacial score (nSPS) is 10.8. The van der Waals surface area contributed by atoms with Crippen molar-refractivity contribution in [2.24, 2.45) is 0 Å².